The van der Waals surface area contributed by atoms with Crippen LogP contribution in [0.1, 0.15) is 16.7 Å². The van der Waals surface area contributed by atoms with Crippen LogP contribution in [0.3, 0.4) is 0 Å². The topological polar surface area (TPSA) is 42.0 Å². The Kier molecular flexibility index (Phi) is 7.01. The van der Waals surface area contributed by atoms with E-state index in [1.807, 2.05) is 26.2 Å². The monoisotopic (exact) mass is 386 g/mol. The van der Waals surface area contributed by atoms with E-state index >= 15 is 0 Å². The lowest BCUT2D eigenvalue weighted by atomic mass is 10.1. The second kappa shape index (κ2) is 9.66. The molecular formula is C22H27FN2O3. The van der Waals surface area contributed by atoms with Crippen molar-refractivity contribution in [1.29, 1.82) is 0 Å². The molecule has 0 N–H and O–H groups in total. The number of carbonyl (C=O) groups excluding carboxylic acids is 1. The lowest BCUT2D eigenvalue weighted by Gasteiger charge is -2.20. The van der Waals surface area contributed by atoms with Crippen molar-refractivity contribution in [3.8, 4) is 5.75 Å². The summed E-state index contributed by atoms with van der Waals surface area (Å²) in [6.07, 6.45) is 0.253. The smallest absolute Gasteiger partial charge is 0.227 e. The van der Waals surface area contributed by atoms with Gasteiger partial charge in [-0.1, -0.05) is 18.2 Å². The number of fused-ring (bicyclic) bond motifs is 1. The average Bonchev–Trinajstić information content (AvgIpc) is 2.89. The highest BCUT2D eigenvalue weighted by atomic mass is 19.1. The standard InChI is InChI=1S/C22H27FN2O3/c1-24(2)9-11-27-16-18-5-8-21-19(13-18)15-25(10-12-28-21)22(26)14-17-3-6-20(23)7-4-17/h3-8,13H,9-12,14-16H2,1-2H3. The van der Waals surface area contributed by atoms with E-state index < -0.39 is 0 Å². The van der Waals surface area contributed by atoms with Gasteiger partial charge in [0.25, 0.3) is 0 Å². The predicted molar refractivity (Wildman–Crippen MR) is 106 cm³/mol. The molecule has 6 heteroatoms. The fraction of sp³-hybridized carbons (Fsp3) is 0.409. The first-order valence-electron chi connectivity index (χ1n) is 9.50. The fourth-order valence-corrected chi connectivity index (χ4v) is 3.08. The van der Waals surface area contributed by atoms with Crippen LogP contribution in [0.4, 0.5) is 4.39 Å². The molecule has 0 spiro atoms. The number of likely N-dealkylation sites (N-methyl/N-ethyl adjacent to an activating group) is 1. The summed E-state index contributed by atoms with van der Waals surface area (Å²) in [5, 5.41) is 0. The van der Waals surface area contributed by atoms with Gasteiger partial charge < -0.3 is 19.3 Å². The maximum atomic E-state index is 13.1. The lowest BCUT2D eigenvalue weighted by Crippen LogP contribution is -2.33. The highest BCUT2D eigenvalue weighted by Gasteiger charge is 2.20. The van der Waals surface area contributed by atoms with Crippen molar-refractivity contribution >= 4 is 5.91 Å². The fourth-order valence-electron chi connectivity index (χ4n) is 3.08. The third-order valence-corrected chi connectivity index (χ3v) is 4.68. The second-order valence-electron chi connectivity index (χ2n) is 7.26. The number of ether oxygens (including phenoxy) is 2. The number of nitrogens with zero attached hydrogens (tertiary/aromatic N) is 2. The zero-order valence-corrected chi connectivity index (χ0v) is 16.5. The van der Waals surface area contributed by atoms with Gasteiger partial charge in [-0.3, -0.25) is 4.79 Å². The average molecular weight is 386 g/mol. The molecule has 0 aliphatic carbocycles. The first-order valence-corrected chi connectivity index (χ1v) is 9.50. The molecule has 1 aliphatic heterocycles. The van der Waals surface area contributed by atoms with Gasteiger partial charge in [-0.25, -0.2) is 4.39 Å². The van der Waals surface area contributed by atoms with Crippen LogP contribution in [0.2, 0.25) is 0 Å². The van der Waals surface area contributed by atoms with Crippen molar-refractivity contribution in [3.63, 3.8) is 0 Å². The summed E-state index contributed by atoms with van der Waals surface area (Å²) >= 11 is 0. The molecule has 3 rings (SSSR count). The van der Waals surface area contributed by atoms with E-state index in [9.17, 15) is 9.18 Å². The van der Waals surface area contributed by atoms with Crippen molar-refractivity contribution in [3.05, 3.63) is 65.0 Å². The SMILES string of the molecule is CN(C)CCOCc1ccc2c(c1)CN(C(=O)Cc1ccc(F)cc1)CCO2. The van der Waals surface area contributed by atoms with Crippen molar-refractivity contribution in [1.82, 2.24) is 9.80 Å². The largest absolute Gasteiger partial charge is 0.491 e. The van der Waals surface area contributed by atoms with E-state index in [4.69, 9.17) is 9.47 Å². The lowest BCUT2D eigenvalue weighted by molar-refractivity contribution is -0.131. The third kappa shape index (κ3) is 5.78. The van der Waals surface area contributed by atoms with Crippen LogP contribution >= 0.6 is 0 Å². The molecule has 0 fully saturated rings. The molecule has 2 aromatic carbocycles. The quantitative estimate of drug-likeness (QED) is 0.687. The van der Waals surface area contributed by atoms with Gasteiger partial charge >= 0.3 is 0 Å². The van der Waals surface area contributed by atoms with Gasteiger partial charge in [0.05, 0.1) is 26.2 Å². The summed E-state index contributed by atoms with van der Waals surface area (Å²) in [6, 6.07) is 12.1. The molecule has 1 aliphatic rings. The molecule has 0 saturated heterocycles. The van der Waals surface area contributed by atoms with Crippen LogP contribution < -0.4 is 4.74 Å². The van der Waals surface area contributed by atoms with E-state index in [1.54, 1.807) is 17.0 Å². The molecule has 0 radical (unpaired) electrons. The van der Waals surface area contributed by atoms with Crippen LogP contribution in [-0.4, -0.2) is 56.1 Å². The molecule has 2 aromatic rings. The van der Waals surface area contributed by atoms with Crippen LogP contribution in [-0.2, 0) is 29.1 Å². The Labute approximate surface area is 165 Å². The Hall–Kier alpha value is -2.44. The third-order valence-electron chi connectivity index (χ3n) is 4.68. The molecule has 0 saturated carbocycles. The Bertz CT molecular complexity index is 793. The Morgan fingerprint density at radius 2 is 1.93 bits per heavy atom. The molecule has 150 valence electrons. The zero-order chi connectivity index (χ0) is 19.9. The number of hydrogen-bond acceptors (Lipinski definition) is 4. The molecule has 1 heterocycles. The number of benzene rings is 2. The second-order valence-corrected chi connectivity index (χ2v) is 7.26. The van der Waals surface area contributed by atoms with Crippen molar-refractivity contribution < 1.29 is 18.7 Å². The molecule has 0 atom stereocenters. The van der Waals surface area contributed by atoms with Gasteiger partial charge in [0.1, 0.15) is 18.2 Å². The summed E-state index contributed by atoms with van der Waals surface area (Å²) < 4.78 is 24.6. The molecular weight excluding hydrogens is 359 g/mol. The number of rotatable bonds is 7. The van der Waals surface area contributed by atoms with E-state index in [0.717, 1.165) is 29.0 Å². The van der Waals surface area contributed by atoms with Crippen molar-refractivity contribution in [2.24, 2.45) is 0 Å². The van der Waals surface area contributed by atoms with Gasteiger partial charge in [0.15, 0.2) is 0 Å². The Morgan fingerprint density at radius 1 is 1.18 bits per heavy atom. The zero-order valence-electron chi connectivity index (χ0n) is 16.5. The van der Waals surface area contributed by atoms with Gasteiger partial charge in [-0.15, -0.1) is 0 Å². The van der Waals surface area contributed by atoms with Crippen LogP contribution in [0.5, 0.6) is 5.75 Å². The van der Waals surface area contributed by atoms with Crippen molar-refractivity contribution in [2.75, 3.05) is 40.4 Å². The first-order chi connectivity index (χ1) is 13.5. The van der Waals surface area contributed by atoms with Gasteiger partial charge in [-0.05, 0) is 49.5 Å². The minimum Gasteiger partial charge on any atom is -0.491 e. The Morgan fingerprint density at radius 3 is 2.68 bits per heavy atom. The normalized spacial score (nSPS) is 13.8. The van der Waals surface area contributed by atoms with Crippen LogP contribution in [0.15, 0.2) is 42.5 Å². The Balaban J connectivity index is 1.62. The summed E-state index contributed by atoms with van der Waals surface area (Å²) in [7, 11) is 4.03. The molecule has 0 aromatic heterocycles. The summed E-state index contributed by atoms with van der Waals surface area (Å²) in [4.78, 5) is 16.6. The molecule has 0 bridgehead atoms. The number of amides is 1. The maximum absolute atomic E-state index is 13.1. The molecule has 28 heavy (non-hydrogen) atoms. The maximum Gasteiger partial charge on any atom is 0.227 e. The number of halogens is 1. The predicted octanol–water partition coefficient (Wildman–Crippen LogP) is 2.87. The van der Waals surface area contributed by atoms with E-state index in [2.05, 4.69) is 11.0 Å². The van der Waals surface area contributed by atoms with E-state index in [-0.39, 0.29) is 18.1 Å². The number of hydrogen-bond donors (Lipinski definition) is 0. The minimum absolute atomic E-state index is 0.00990. The highest BCUT2D eigenvalue weighted by molar-refractivity contribution is 5.79. The van der Waals surface area contributed by atoms with E-state index in [1.165, 1.54) is 12.1 Å². The van der Waals surface area contributed by atoms with Crippen LogP contribution in [0.25, 0.3) is 0 Å². The van der Waals surface area contributed by atoms with Crippen molar-refractivity contribution in [2.45, 2.75) is 19.6 Å². The summed E-state index contributed by atoms with van der Waals surface area (Å²) in [6.45, 7) is 3.57. The summed E-state index contributed by atoms with van der Waals surface area (Å²) in [5.41, 5.74) is 2.85. The molecule has 5 nitrogen and oxygen atoms in total. The van der Waals surface area contributed by atoms with Gasteiger partial charge in [-0.2, -0.15) is 0 Å². The first kappa shape index (κ1) is 20.3. The highest BCUT2D eigenvalue weighted by Crippen LogP contribution is 2.25. The molecule has 1 amide bonds. The van der Waals surface area contributed by atoms with Crippen LogP contribution in [0, 0.1) is 5.82 Å². The minimum atomic E-state index is -0.298. The van der Waals surface area contributed by atoms with Gasteiger partial charge in [0.2, 0.25) is 5.91 Å². The van der Waals surface area contributed by atoms with Gasteiger partial charge in [0, 0.05) is 18.7 Å². The molecule has 0 unspecified atom stereocenters. The summed E-state index contributed by atoms with van der Waals surface area (Å²) in [5.74, 6) is 0.526. The number of carbonyl (C=O) groups is 1. The van der Waals surface area contributed by atoms with E-state index in [0.29, 0.717) is 32.9 Å².